The quantitative estimate of drug-likeness (QED) is 0.127. The molecule has 0 unspecified atom stereocenters. The van der Waals surface area contributed by atoms with Crippen molar-refractivity contribution in [3.8, 4) is 29.4 Å². The third-order valence-corrected chi connectivity index (χ3v) is 21.7. The Labute approximate surface area is 274 Å². The van der Waals surface area contributed by atoms with Crippen molar-refractivity contribution in [2.24, 2.45) is 11.8 Å². The number of hydrogen-bond donors (Lipinski definition) is 2. The molecule has 0 radical (unpaired) electrons. The van der Waals surface area contributed by atoms with Gasteiger partial charge in [0.2, 0.25) is 16.6 Å². The Hall–Kier alpha value is -1.91. The monoisotopic (exact) mass is 642 g/mol. The number of hydrogen-bond acceptors (Lipinski definition) is 5. The van der Waals surface area contributed by atoms with Crippen LogP contribution >= 0.6 is 0 Å². The standard InChI is InChI=1S/C37H66N2O3Si2/c1-23(2)34(41-43(25(5)6,26(7)8)27(9)10)20-18-31-22-33(38)32(37(40-17)36(31)39)19-21-35(24(3)4)42-44(28(11)12,29(13)14)30(15)16/h22-30,34-35H,38-39H2,1-17H3/t34-,35-/m0/s1. The van der Waals surface area contributed by atoms with E-state index in [4.69, 9.17) is 25.1 Å². The zero-order valence-electron chi connectivity index (χ0n) is 31.2. The Balaban J connectivity index is 3.67. The minimum atomic E-state index is -2.13. The Morgan fingerprint density at radius 1 is 0.568 bits per heavy atom. The van der Waals surface area contributed by atoms with Gasteiger partial charge in [0, 0.05) is 0 Å². The molecule has 1 rings (SSSR count). The molecule has 5 nitrogen and oxygen atoms in total. The first-order valence-electron chi connectivity index (χ1n) is 16.9. The summed E-state index contributed by atoms with van der Waals surface area (Å²) in [6.07, 6.45) is -0.439. The molecule has 0 saturated carbocycles. The number of anilines is 2. The molecular formula is C37H66N2O3Si2. The maximum Gasteiger partial charge on any atom is 0.202 e. The third-order valence-electron chi connectivity index (χ3n) is 9.53. The van der Waals surface area contributed by atoms with Gasteiger partial charge in [0.25, 0.3) is 0 Å². The first-order valence-corrected chi connectivity index (χ1v) is 21.1. The van der Waals surface area contributed by atoms with E-state index in [1.165, 1.54) is 0 Å². The van der Waals surface area contributed by atoms with Gasteiger partial charge in [-0.25, -0.2) is 0 Å². The average Bonchev–Trinajstić information content (AvgIpc) is 2.89. The molecule has 0 fully saturated rings. The molecule has 1 aromatic carbocycles. The van der Waals surface area contributed by atoms with E-state index in [0.29, 0.717) is 61.5 Å². The lowest BCUT2D eigenvalue weighted by molar-refractivity contribution is 0.179. The first kappa shape index (κ1) is 40.1. The summed E-state index contributed by atoms with van der Waals surface area (Å²) >= 11 is 0. The molecule has 0 aromatic heterocycles. The number of ether oxygens (including phenoxy) is 1. The second-order valence-electron chi connectivity index (χ2n) is 15.1. The minimum Gasteiger partial charge on any atom is -0.493 e. The van der Waals surface area contributed by atoms with E-state index >= 15 is 0 Å². The van der Waals surface area contributed by atoms with Crippen LogP contribution in [0.2, 0.25) is 33.2 Å². The van der Waals surface area contributed by atoms with E-state index in [-0.39, 0.29) is 24.0 Å². The van der Waals surface area contributed by atoms with E-state index < -0.39 is 16.6 Å². The van der Waals surface area contributed by atoms with E-state index in [0.717, 1.165) is 0 Å². The first-order chi connectivity index (χ1) is 20.2. The molecule has 0 aliphatic carbocycles. The van der Waals surface area contributed by atoms with Crippen molar-refractivity contribution < 1.29 is 13.6 Å². The zero-order valence-corrected chi connectivity index (χ0v) is 33.2. The van der Waals surface area contributed by atoms with E-state index in [2.05, 4.69) is 134 Å². The van der Waals surface area contributed by atoms with Gasteiger partial charge in [0.1, 0.15) is 12.2 Å². The SMILES string of the molecule is COc1c(N)c(C#C[C@H](O[Si](C(C)C)(C(C)C)C(C)C)C(C)C)cc(N)c1C#C[C@H](O[Si](C(C)C)(C(C)C)C(C)C)C(C)C. The van der Waals surface area contributed by atoms with Crippen LogP contribution in [0.25, 0.3) is 0 Å². The third kappa shape index (κ3) is 8.66. The summed E-state index contributed by atoms with van der Waals surface area (Å²) in [5, 5.41) is 0. The molecule has 0 spiro atoms. The molecule has 0 bridgehead atoms. The molecule has 1 aromatic rings. The van der Waals surface area contributed by atoms with Crippen molar-refractivity contribution in [2.45, 2.75) is 156 Å². The highest BCUT2D eigenvalue weighted by atomic mass is 28.4. The van der Waals surface area contributed by atoms with Gasteiger partial charge in [-0.15, -0.1) is 0 Å². The van der Waals surface area contributed by atoms with Crippen LogP contribution in [0.3, 0.4) is 0 Å². The highest BCUT2D eigenvalue weighted by Crippen LogP contribution is 2.45. The summed E-state index contributed by atoms with van der Waals surface area (Å²) in [5.74, 6) is 14.4. The normalized spacial score (nSPS) is 14.1. The highest BCUT2D eigenvalue weighted by Gasteiger charge is 2.48. The fourth-order valence-corrected chi connectivity index (χ4v) is 18.5. The minimum absolute atomic E-state index is 0.212. The molecule has 0 amide bonds. The van der Waals surface area contributed by atoms with E-state index in [1.54, 1.807) is 7.11 Å². The lowest BCUT2D eigenvalue weighted by atomic mass is 10.0. The van der Waals surface area contributed by atoms with Gasteiger partial charge >= 0.3 is 0 Å². The molecule has 0 saturated heterocycles. The molecule has 4 N–H and O–H groups in total. The summed E-state index contributed by atoms with van der Waals surface area (Å²) < 4.78 is 19.9. The van der Waals surface area contributed by atoms with Crippen molar-refractivity contribution in [1.82, 2.24) is 0 Å². The van der Waals surface area contributed by atoms with Crippen LogP contribution in [0.1, 0.15) is 122 Å². The van der Waals surface area contributed by atoms with Crippen LogP contribution in [-0.2, 0) is 8.85 Å². The second-order valence-corrected chi connectivity index (χ2v) is 25.9. The van der Waals surface area contributed by atoms with Crippen LogP contribution in [0.5, 0.6) is 5.75 Å². The molecule has 0 heterocycles. The van der Waals surface area contributed by atoms with Gasteiger partial charge in [-0.1, -0.05) is 134 Å². The number of benzene rings is 1. The smallest absolute Gasteiger partial charge is 0.202 e. The molecular weight excluding hydrogens is 577 g/mol. The predicted octanol–water partition coefficient (Wildman–Crippen LogP) is 10.00. The largest absolute Gasteiger partial charge is 0.493 e. The summed E-state index contributed by atoms with van der Waals surface area (Å²) in [6.45, 7) is 36.2. The van der Waals surface area contributed by atoms with Gasteiger partial charge < -0.3 is 25.1 Å². The highest BCUT2D eigenvalue weighted by molar-refractivity contribution is 6.78. The molecule has 44 heavy (non-hydrogen) atoms. The van der Waals surface area contributed by atoms with Crippen molar-refractivity contribution in [1.29, 1.82) is 0 Å². The lowest BCUT2D eigenvalue weighted by Crippen LogP contribution is -2.50. The van der Waals surface area contributed by atoms with Gasteiger partial charge in [-0.2, -0.15) is 0 Å². The van der Waals surface area contributed by atoms with Gasteiger partial charge in [-0.3, -0.25) is 0 Å². The second kappa shape index (κ2) is 16.6. The molecule has 0 aliphatic heterocycles. The predicted molar refractivity (Wildman–Crippen MR) is 197 cm³/mol. The van der Waals surface area contributed by atoms with Gasteiger partial charge in [-0.05, 0) is 51.1 Å². The van der Waals surface area contributed by atoms with Gasteiger partial charge in [0.05, 0.1) is 29.6 Å². The maximum absolute atomic E-state index is 7.07. The Morgan fingerprint density at radius 2 is 0.909 bits per heavy atom. The van der Waals surface area contributed by atoms with Crippen LogP contribution in [0.15, 0.2) is 6.07 Å². The number of methoxy groups -OCH3 is 1. The number of rotatable bonds is 13. The fourth-order valence-electron chi connectivity index (χ4n) is 7.35. The van der Waals surface area contributed by atoms with Crippen molar-refractivity contribution in [3.63, 3.8) is 0 Å². The van der Waals surface area contributed by atoms with Crippen LogP contribution in [-0.4, -0.2) is 36.0 Å². The van der Waals surface area contributed by atoms with Crippen molar-refractivity contribution in [2.75, 3.05) is 18.6 Å². The fraction of sp³-hybridized carbons (Fsp3) is 0.730. The Bertz CT molecular complexity index is 1150. The van der Waals surface area contributed by atoms with Gasteiger partial charge in [0.15, 0.2) is 5.75 Å². The molecule has 7 heteroatoms. The van der Waals surface area contributed by atoms with Crippen LogP contribution in [0, 0.1) is 35.5 Å². The average molecular weight is 643 g/mol. The Morgan fingerprint density at radius 3 is 1.20 bits per heavy atom. The summed E-state index contributed by atoms with van der Waals surface area (Å²) in [7, 11) is -2.65. The zero-order chi connectivity index (χ0) is 34.3. The summed E-state index contributed by atoms with van der Waals surface area (Å²) in [6, 6.07) is 1.82. The van der Waals surface area contributed by atoms with Crippen LogP contribution < -0.4 is 16.2 Å². The maximum atomic E-state index is 7.07. The molecule has 0 aliphatic rings. The number of nitrogen functional groups attached to an aromatic ring is 2. The topological polar surface area (TPSA) is 79.7 Å². The molecule has 250 valence electrons. The number of nitrogens with two attached hydrogens (primary N) is 2. The Kier molecular flexibility index (Phi) is 15.1. The van der Waals surface area contributed by atoms with Crippen molar-refractivity contribution in [3.05, 3.63) is 17.2 Å². The summed E-state index contributed by atoms with van der Waals surface area (Å²) in [5.41, 5.74) is 18.3. The van der Waals surface area contributed by atoms with E-state index in [1.807, 2.05) is 6.07 Å². The lowest BCUT2D eigenvalue weighted by Gasteiger charge is -2.44. The molecule has 2 atom stereocenters. The van der Waals surface area contributed by atoms with E-state index in [9.17, 15) is 0 Å². The van der Waals surface area contributed by atoms with Crippen molar-refractivity contribution >= 4 is 28.0 Å². The van der Waals surface area contributed by atoms with Crippen LogP contribution in [0.4, 0.5) is 11.4 Å². The summed E-state index contributed by atoms with van der Waals surface area (Å²) in [4.78, 5) is 0.